The minimum atomic E-state index is -1.14. The van der Waals surface area contributed by atoms with E-state index in [1.54, 1.807) is 32.7 Å². The number of carbonyl (C=O) groups excluding carboxylic acids is 2. The molecular formula is C27H28F2N4O4. The lowest BCUT2D eigenvalue weighted by Crippen LogP contribution is -2.49. The number of aromatic nitrogens is 1. The maximum atomic E-state index is 14.4. The number of nitrogens with zero attached hydrogens (tertiary/aromatic N) is 3. The summed E-state index contributed by atoms with van der Waals surface area (Å²) in [5.41, 5.74) is 1.55. The number of urea groups is 1. The fourth-order valence-corrected chi connectivity index (χ4v) is 5.06. The summed E-state index contributed by atoms with van der Waals surface area (Å²) in [6.07, 6.45) is -0.608. The van der Waals surface area contributed by atoms with E-state index >= 15 is 0 Å². The standard InChI is InChI=1S/C27H28F2N4O4/c1-27(2,3)37-26(36)33-13-21-23(17-9-19(28)20(29)10-18(17)24(34)30-21)22(14-33)31(4)25(35)32-11-15-7-5-6-8-16(15)12-32/h5-10,22H,11-14H2,1-4H3,(H,30,34). The van der Waals surface area contributed by atoms with E-state index in [1.165, 1.54) is 9.80 Å². The number of pyridine rings is 1. The van der Waals surface area contributed by atoms with Crippen molar-refractivity contribution in [1.82, 2.24) is 19.7 Å². The maximum Gasteiger partial charge on any atom is 0.410 e. The van der Waals surface area contributed by atoms with Gasteiger partial charge in [-0.2, -0.15) is 0 Å². The number of hydrogen-bond donors (Lipinski definition) is 1. The van der Waals surface area contributed by atoms with Crippen LogP contribution in [-0.2, 0) is 24.4 Å². The molecule has 1 unspecified atom stereocenters. The van der Waals surface area contributed by atoms with Gasteiger partial charge in [0.25, 0.3) is 5.56 Å². The molecule has 0 aliphatic carbocycles. The lowest BCUT2D eigenvalue weighted by Gasteiger charge is -2.40. The van der Waals surface area contributed by atoms with Gasteiger partial charge in [0.1, 0.15) is 5.60 Å². The summed E-state index contributed by atoms with van der Waals surface area (Å²) in [4.78, 5) is 46.8. The summed E-state index contributed by atoms with van der Waals surface area (Å²) in [6, 6.07) is 8.58. The molecule has 37 heavy (non-hydrogen) atoms. The lowest BCUT2D eigenvalue weighted by molar-refractivity contribution is 0.0153. The summed E-state index contributed by atoms with van der Waals surface area (Å²) in [5.74, 6) is -2.24. The van der Waals surface area contributed by atoms with E-state index < -0.39 is 34.9 Å². The van der Waals surface area contributed by atoms with Gasteiger partial charge < -0.3 is 19.5 Å². The Balaban J connectivity index is 1.57. The molecule has 1 atom stereocenters. The van der Waals surface area contributed by atoms with Crippen molar-refractivity contribution in [3.05, 3.63) is 80.8 Å². The Labute approximate surface area is 212 Å². The first kappa shape index (κ1) is 24.7. The topological polar surface area (TPSA) is 85.9 Å². The fraction of sp³-hybridized carbons (Fsp3) is 0.370. The zero-order valence-corrected chi connectivity index (χ0v) is 21.1. The second-order valence-corrected chi connectivity index (χ2v) is 10.6. The van der Waals surface area contributed by atoms with Gasteiger partial charge in [0.15, 0.2) is 11.6 Å². The predicted molar refractivity (Wildman–Crippen MR) is 133 cm³/mol. The molecular weight excluding hydrogens is 482 g/mol. The number of aromatic amines is 1. The smallest absolute Gasteiger partial charge is 0.410 e. The van der Waals surface area contributed by atoms with Crippen molar-refractivity contribution in [2.75, 3.05) is 13.6 Å². The van der Waals surface area contributed by atoms with E-state index in [1.807, 2.05) is 24.3 Å². The second kappa shape index (κ2) is 8.86. The number of ether oxygens (including phenoxy) is 1. The number of likely N-dealkylation sites (N-methyl/N-ethyl adjacent to an activating group) is 1. The van der Waals surface area contributed by atoms with Crippen LogP contribution < -0.4 is 5.56 Å². The Hall–Kier alpha value is -3.95. The largest absolute Gasteiger partial charge is 0.444 e. The molecule has 194 valence electrons. The van der Waals surface area contributed by atoms with Gasteiger partial charge in [-0.3, -0.25) is 9.69 Å². The van der Waals surface area contributed by atoms with Crippen molar-refractivity contribution in [2.45, 2.75) is 52.0 Å². The van der Waals surface area contributed by atoms with E-state index in [0.29, 0.717) is 24.3 Å². The van der Waals surface area contributed by atoms with E-state index in [0.717, 1.165) is 23.3 Å². The number of H-pyrrole nitrogens is 1. The normalized spacial score (nSPS) is 17.0. The second-order valence-electron chi connectivity index (χ2n) is 10.6. The van der Waals surface area contributed by atoms with Crippen molar-refractivity contribution >= 4 is 22.9 Å². The van der Waals surface area contributed by atoms with Gasteiger partial charge in [0, 0.05) is 37.9 Å². The number of benzene rings is 2. The van der Waals surface area contributed by atoms with Gasteiger partial charge in [0.05, 0.1) is 18.0 Å². The van der Waals surface area contributed by atoms with E-state index in [2.05, 4.69) is 4.98 Å². The van der Waals surface area contributed by atoms with Gasteiger partial charge in [-0.25, -0.2) is 18.4 Å². The highest BCUT2D eigenvalue weighted by atomic mass is 19.2. The predicted octanol–water partition coefficient (Wildman–Crippen LogP) is 4.67. The molecule has 3 heterocycles. The zero-order valence-electron chi connectivity index (χ0n) is 21.1. The van der Waals surface area contributed by atoms with E-state index in [4.69, 9.17) is 4.74 Å². The molecule has 0 saturated carbocycles. The third kappa shape index (κ3) is 4.52. The van der Waals surface area contributed by atoms with Crippen LogP contribution in [0.15, 0.2) is 41.2 Å². The van der Waals surface area contributed by atoms with Crippen LogP contribution in [0.4, 0.5) is 18.4 Å². The quantitative estimate of drug-likeness (QED) is 0.516. The maximum absolute atomic E-state index is 14.4. The van der Waals surface area contributed by atoms with E-state index in [-0.39, 0.29) is 29.9 Å². The number of fused-ring (bicyclic) bond motifs is 4. The average molecular weight is 511 g/mol. The van der Waals surface area contributed by atoms with Crippen LogP contribution in [0.25, 0.3) is 10.8 Å². The Morgan fingerprint density at radius 2 is 1.59 bits per heavy atom. The Morgan fingerprint density at radius 1 is 1.00 bits per heavy atom. The van der Waals surface area contributed by atoms with Gasteiger partial charge in [-0.1, -0.05) is 24.3 Å². The van der Waals surface area contributed by atoms with Crippen molar-refractivity contribution in [1.29, 1.82) is 0 Å². The molecule has 1 aromatic heterocycles. The number of carbonyl (C=O) groups is 2. The number of halogens is 2. The third-order valence-corrected chi connectivity index (χ3v) is 6.79. The molecule has 2 aliphatic heterocycles. The third-order valence-electron chi connectivity index (χ3n) is 6.79. The minimum Gasteiger partial charge on any atom is -0.444 e. The summed E-state index contributed by atoms with van der Waals surface area (Å²) >= 11 is 0. The first-order valence-corrected chi connectivity index (χ1v) is 12.0. The zero-order chi connectivity index (χ0) is 26.6. The molecule has 8 nitrogen and oxygen atoms in total. The number of amides is 3. The number of nitrogens with one attached hydrogen (secondary N) is 1. The van der Waals surface area contributed by atoms with Crippen molar-refractivity contribution in [3.63, 3.8) is 0 Å². The first-order valence-electron chi connectivity index (χ1n) is 12.0. The fourth-order valence-electron chi connectivity index (χ4n) is 5.06. The van der Waals surface area contributed by atoms with Crippen molar-refractivity contribution < 1.29 is 23.1 Å². The van der Waals surface area contributed by atoms with Crippen LogP contribution >= 0.6 is 0 Å². The molecule has 3 amide bonds. The number of hydrogen-bond acceptors (Lipinski definition) is 4. The Kier molecular flexibility index (Phi) is 5.92. The van der Waals surface area contributed by atoms with Gasteiger partial charge >= 0.3 is 12.1 Å². The van der Waals surface area contributed by atoms with E-state index in [9.17, 15) is 23.2 Å². The van der Waals surface area contributed by atoms with Crippen molar-refractivity contribution in [2.24, 2.45) is 0 Å². The molecule has 10 heteroatoms. The van der Waals surface area contributed by atoms with Crippen LogP contribution in [0.3, 0.4) is 0 Å². The SMILES string of the molecule is CN(C(=O)N1Cc2ccccc2C1)C1CN(C(=O)OC(C)(C)C)Cc2[nH]c(=O)c3cc(F)c(F)cc3c21. The monoisotopic (exact) mass is 510 g/mol. The lowest BCUT2D eigenvalue weighted by atomic mass is 9.93. The van der Waals surface area contributed by atoms with Crippen LogP contribution in [0, 0.1) is 11.6 Å². The van der Waals surface area contributed by atoms with Gasteiger partial charge in [-0.15, -0.1) is 0 Å². The molecule has 1 N–H and O–H groups in total. The van der Waals surface area contributed by atoms with Crippen LogP contribution in [-0.4, -0.2) is 51.0 Å². The molecule has 3 aromatic rings. The molecule has 0 fully saturated rings. The van der Waals surface area contributed by atoms with Crippen molar-refractivity contribution in [3.8, 4) is 0 Å². The average Bonchev–Trinajstić information content (AvgIpc) is 3.27. The first-order chi connectivity index (χ1) is 17.4. The summed E-state index contributed by atoms with van der Waals surface area (Å²) in [6.45, 7) is 6.13. The summed E-state index contributed by atoms with van der Waals surface area (Å²) in [7, 11) is 1.61. The molecule has 0 saturated heterocycles. The molecule has 2 aromatic carbocycles. The highest BCUT2D eigenvalue weighted by Gasteiger charge is 2.38. The van der Waals surface area contributed by atoms with Crippen LogP contribution in [0.5, 0.6) is 0 Å². The molecule has 0 spiro atoms. The van der Waals surface area contributed by atoms with Crippen LogP contribution in [0.1, 0.15) is 49.2 Å². The van der Waals surface area contributed by atoms with Crippen LogP contribution in [0.2, 0.25) is 0 Å². The summed E-state index contributed by atoms with van der Waals surface area (Å²) < 4.78 is 33.9. The summed E-state index contributed by atoms with van der Waals surface area (Å²) in [5, 5.41) is 0.179. The Bertz CT molecular complexity index is 1450. The molecule has 0 bridgehead atoms. The van der Waals surface area contributed by atoms with Gasteiger partial charge in [0.2, 0.25) is 0 Å². The highest BCUT2D eigenvalue weighted by molar-refractivity contribution is 5.87. The molecule has 5 rings (SSSR count). The molecule has 0 radical (unpaired) electrons. The minimum absolute atomic E-state index is 0.0118. The number of rotatable bonds is 1. The highest BCUT2D eigenvalue weighted by Crippen LogP contribution is 2.36. The molecule has 2 aliphatic rings. The van der Waals surface area contributed by atoms with Gasteiger partial charge in [-0.05, 0) is 49.4 Å². The Morgan fingerprint density at radius 3 is 2.19 bits per heavy atom.